The third-order valence-electron chi connectivity index (χ3n) is 4.75. The van der Waals surface area contributed by atoms with Gasteiger partial charge in [0, 0.05) is 68.7 Å². The molecule has 1 aliphatic heterocycles. The third-order valence-corrected chi connectivity index (χ3v) is 6.05. The Kier molecular flexibility index (Phi) is 14.7. The first-order valence-corrected chi connectivity index (χ1v) is 12.0. The lowest BCUT2D eigenvalue weighted by atomic mass is 10.2. The minimum absolute atomic E-state index is 0. The van der Waals surface area contributed by atoms with Gasteiger partial charge in [-0.2, -0.15) is 0 Å². The Hall–Kier alpha value is -1.24. The molecule has 1 aliphatic rings. The Morgan fingerprint density at radius 3 is 2.52 bits per heavy atom. The predicted octanol–water partition coefficient (Wildman–Crippen LogP) is 0.899. The Morgan fingerprint density at radius 1 is 1.16 bits per heavy atom. The maximum atomic E-state index is 12.3. The summed E-state index contributed by atoms with van der Waals surface area (Å²) in [6.45, 7) is 8.07. The quantitative estimate of drug-likeness (QED) is 0.180. The van der Waals surface area contributed by atoms with Gasteiger partial charge in [-0.3, -0.25) is 18.9 Å². The highest BCUT2D eigenvalue weighted by Crippen LogP contribution is 2.04. The highest BCUT2D eigenvalue weighted by Gasteiger charge is 2.21. The topological polar surface area (TPSA) is 86.3 Å². The summed E-state index contributed by atoms with van der Waals surface area (Å²) in [7, 11) is 0.693. The molecule has 0 spiro atoms. The van der Waals surface area contributed by atoms with E-state index in [0.717, 1.165) is 44.2 Å². The van der Waals surface area contributed by atoms with Gasteiger partial charge in [0.25, 0.3) is 0 Å². The van der Waals surface area contributed by atoms with Crippen LogP contribution in [0.1, 0.15) is 12.5 Å². The van der Waals surface area contributed by atoms with Crippen molar-refractivity contribution in [3.63, 3.8) is 0 Å². The summed E-state index contributed by atoms with van der Waals surface area (Å²) in [6.07, 6.45) is 0. The van der Waals surface area contributed by atoms with Crippen molar-refractivity contribution in [1.82, 2.24) is 20.4 Å². The van der Waals surface area contributed by atoms with Gasteiger partial charge in [-0.05, 0) is 12.5 Å². The molecule has 31 heavy (non-hydrogen) atoms. The number of ether oxygens (including phenoxy) is 1. The summed E-state index contributed by atoms with van der Waals surface area (Å²) < 4.78 is 17.3. The number of piperazine rings is 1. The fourth-order valence-corrected chi connectivity index (χ4v) is 4.18. The molecular formula is C21H36IN5O3S. The van der Waals surface area contributed by atoms with Crippen LogP contribution in [0.5, 0.6) is 0 Å². The smallest absolute Gasteiger partial charge is 0.234 e. The molecule has 1 atom stereocenters. The van der Waals surface area contributed by atoms with E-state index >= 15 is 0 Å². The number of nitrogens with one attached hydrogen (secondary N) is 2. The number of rotatable bonds is 11. The van der Waals surface area contributed by atoms with Gasteiger partial charge in [0.2, 0.25) is 5.91 Å². The second kappa shape index (κ2) is 16.4. The summed E-state index contributed by atoms with van der Waals surface area (Å²) in [5.74, 6) is 2.00. The van der Waals surface area contributed by atoms with E-state index in [1.807, 2.05) is 37.3 Å². The summed E-state index contributed by atoms with van der Waals surface area (Å²) in [6, 6.07) is 9.91. The van der Waals surface area contributed by atoms with Gasteiger partial charge in [-0.15, -0.1) is 24.0 Å². The molecule has 1 saturated heterocycles. The number of carbonyl (C=O) groups excluding carboxylic acids is 1. The standard InChI is InChI=1S/C21H35N5O3S.HI/c1-3-22-21(24-10-16-30(28)18-19-7-5-4-6-8-19)26-13-11-25(12-14-26)17-20(27)23-9-15-29-2;/h4-8H,3,9-18H2,1-2H3,(H,22,24)(H,23,27);1H. The van der Waals surface area contributed by atoms with E-state index in [1.165, 1.54) is 0 Å². The lowest BCUT2D eigenvalue weighted by Gasteiger charge is -2.36. The molecular weight excluding hydrogens is 529 g/mol. The summed E-state index contributed by atoms with van der Waals surface area (Å²) in [4.78, 5) is 21.0. The molecule has 1 fully saturated rings. The Labute approximate surface area is 205 Å². The number of methoxy groups -OCH3 is 1. The first-order valence-electron chi connectivity index (χ1n) is 10.5. The highest BCUT2D eigenvalue weighted by atomic mass is 127. The van der Waals surface area contributed by atoms with Gasteiger partial charge in [0.15, 0.2) is 5.96 Å². The zero-order valence-electron chi connectivity index (χ0n) is 18.5. The lowest BCUT2D eigenvalue weighted by molar-refractivity contribution is -0.122. The first-order chi connectivity index (χ1) is 14.6. The fraction of sp³-hybridized carbons (Fsp3) is 0.619. The second-order valence-corrected chi connectivity index (χ2v) is 8.69. The van der Waals surface area contributed by atoms with E-state index in [2.05, 4.69) is 25.4 Å². The molecule has 2 N–H and O–H groups in total. The monoisotopic (exact) mass is 565 g/mol. The van der Waals surface area contributed by atoms with Crippen molar-refractivity contribution < 1.29 is 13.7 Å². The zero-order chi connectivity index (χ0) is 21.6. The minimum Gasteiger partial charge on any atom is -0.383 e. The van der Waals surface area contributed by atoms with Crippen molar-refractivity contribution in [2.75, 3.05) is 71.8 Å². The number of guanidine groups is 1. The van der Waals surface area contributed by atoms with Crippen LogP contribution >= 0.6 is 24.0 Å². The van der Waals surface area contributed by atoms with Crippen molar-refractivity contribution in [3.05, 3.63) is 35.9 Å². The number of benzene rings is 1. The normalized spacial score (nSPS) is 15.8. The molecule has 1 amide bonds. The zero-order valence-corrected chi connectivity index (χ0v) is 21.7. The van der Waals surface area contributed by atoms with Crippen molar-refractivity contribution in [3.8, 4) is 0 Å². The maximum Gasteiger partial charge on any atom is 0.234 e. The first kappa shape index (κ1) is 27.8. The average molecular weight is 566 g/mol. The van der Waals surface area contributed by atoms with Crippen molar-refractivity contribution in [2.24, 2.45) is 4.99 Å². The van der Waals surface area contributed by atoms with Crippen molar-refractivity contribution in [2.45, 2.75) is 12.7 Å². The summed E-state index contributed by atoms with van der Waals surface area (Å²) in [5.41, 5.74) is 1.09. The number of hydrogen-bond acceptors (Lipinski definition) is 5. The average Bonchev–Trinajstić information content (AvgIpc) is 2.75. The Bertz CT molecular complexity index is 685. The molecule has 1 aromatic carbocycles. The number of hydrogen-bond donors (Lipinski definition) is 2. The Balaban J connectivity index is 0.00000480. The maximum absolute atomic E-state index is 12.3. The van der Waals surface area contributed by atoms with Crippen LogP contribution in [0.3, 0.4) is 0 Å². The van der Waals surface area contributed by atoms with Gasteiger partial charge >= 0.3 is 0 Å². The molecule has 176 valence electrons. The van der Waals surface area contributed by atoms with Gasteiger partial charge in [0.1, 0.15) is 0 Å². The van der Waals surface area contributed by atoms with Crippen molar-refractivity contribution >= 4 is 46.6 Å². The summed E-state index contributed by atoms with van der Waals surface area (Å²) >= 11 is 0. The van der Waals surface area contributed by atoms with E-state index in [9.17, 15) is 9.00 Å². The molecule has 0 aromatic heterocycles. The molecule has 1 aromatic rings. The predicted molar refractivity (Wildman–Crippen MR) is 137 cm³/mol. The molecule has 1 unspecified atom stereocenters. The molecule has 0 aliphatic carbocycles. The molecule has 0 bridgehead atoms. The number of carbonyl (C=O) groups is 1. The summed E-state index contributed by atoms with van der Waals surface area (Å²) in [5, 5.41) is 6.19. The van der Waals surface area contributed by atoms with Gasteiger partial charge in [-0.1, -0.05) is 30.3 Å². The van der Waals surface area contributed by atoms with Crippen LogP contribution in [-0.4, -0.2) is 97.7 Å². The molecule has 1 heterocycles. The van der Waals surface area contributed by atoms with Crippen LogP contribution in [0.25, 0.3) is 0 Å². The Morgan fingerprint density at radius 2 is 1.87 bits per heavy atom. The van der Waals surface area contributed by atoms with Gasteiger partial charge < -0.3 is 20.3 Å². The lowest BCUT2D eigenvalue weighted by Crippen LogP contribution is -2.54. The van der Waals surface area contributed by atoms with Crippen LogP contribution in [0.15, 0.2) is 35.3 Å². The fourth-order valence-electron chi connectivity index (χ4n) is 3.18. The minimum atomic E-state index is -0.928. The van der Waals surface area contributed by atoms with Gasteiger partial charge in [-0.25, -0.2) is 0 Å². The van der Waals surface area contributed by atoms with E-state index in [-0.39, 0.29) is 29.9 Å². The van der Waals surface area contributed by atoms with E-state index in [4.69, 9.17) is 4.74 Å². The highest BCUT2D eigenvalue weighted by molar-refractivity contribution is 14.0. The molecule has 8 nitrogen and oxygen atoms in total. The van der Waals surface area contributed by atoms with Crippen LogP contribution in [-0.2, 0) is 26.1 Å². The number of nitrogens with zero attached hydrogens (tertiary/aromatic N) is 3. The third kappa shape index (κ3) is 11.3. The SMILES string of the molecule is CCNC(=NCCS(=O)Cc1ccccc1)N1CCN(CC(=O)NCCOC)CC1.I. The second-order valence-electron chi connectivity index (χ2n) is 7.12. The van der Waals surface area contributed by atoms with Crippen LogP contribution in [0, 0.1) is 0 Å². The number of halogens is 1. The van der Waals surface area contributed by atoms with E-state index < -0.39 is 10.8 Å². The largest absolute Gasteiger partial charge is 0.383 e. The van der Waals surface area contributed by atoms with Gasteiger partial charge in [0.05, 0.1) is 19.7 Å². The van der Waals surface area contributed by atoms with Crippen LogP contribution < -0.4 is 10.6 Å². The van der Waals surface area contributed by atoms with E-state index in [1.54, 1.807) is 7.11 Å². The number of aliphatic imine (C=N–C) groups is 1. The molecule has 0 radical (unpaired) electrons. The number of amides is 1. The molecule has 2 rings (SSSR count). The molecule has 0 saturated carbocycles. The van der Waals surface area contributed by atoms with Crippen molar-refractivity contribution in [1.29, 1.82) is 0 Å². The van der Waals surface area contributed by atoms with E-state index in [0.29, 0.717) is 37.7 Å². The van der Waals surface area contributed by atoms with Crippen LogP contribution in [0.4, 0.5) is 0 Å². The van der Waals surface area contributed by atoms with Crippen LogP contribution in [0.2, 0.25) is 0 Å². The molecule has 10 heteroatoms.